The first kappa shape index (κ1) is 11.4. The van der Waals surface area contributed by atoms with Gasteiger partial charge in [0.15, 0.2) is 0 Å². The number of para-hydroxylation sites is 1. The number of benzene rings is 1. The van der Waals surface area contributed by atoms with E-state index < -0.39 is 0 Å². The van der Waals surface area contributed by atoms with E-state index in [1.165, 1.54) is 5.56 Å². The average molecular weight is 325 g/mol. The second kappa shape index (κ2) is 5.84. The van der Waals surface area contributed by atoms with E-state index in [1.54, 1.807) is 6.20 Å². The Morgan fingerprint density at radius 2 is 2.00 bits per heavy atom. The number of rotatable bonds is 4. The number of nitrogens with zero attached hydrogens (tertiary/aromatic N) is 1. The summed E-state index contributed by atoms with van der Waals surface area (Å²) in [6.45, 7) is 0.686. The second-order valence-electron chi connectivity index (χ2n) is 3.39. The molecule has 0 aliphatic carbocycles. The second-order valence-corrected chi connectivity index (χ2v) is 4.55. The molecule has 2 nitrogen and oxygen atoms in total. The molecule has 16 heavy (non-hydrogen) atoms. The first-order valence-corrected chi connectivity index (χ1v) is 6.20. The molecule has 0 bridgehead atoms. The number of ether oxygens (including phenoxy) is 1. The molecule has 2 aromatic rings. The van der Waals surface area contributed by atoms with E-state index in [4.69, 9.17) is 4.74 Å². The zero-order chi connectivity index (χ0) is 11.2. The maximum Gasteiger partial charge on any atom is 0.132 e. The van der Waals surface area contributed by atoms with Crippen LogP contribution in [0.5, 0.6) is 5.75 Å². The number of hydrogen-bond acceptors (Lipinski definition) is 2. The molecule has 0 N–H and O–H groups in total. The van der Waals surface area contributed by atoms with Crippen LogP contribution in [0.15, 0.2) is 48.8 Å². The fourth-order valence-electron chi connectivity index (χ4n) is 1.39. The standard InChI is InChI=1S/C13H12INO/c14-12-5-1-2-6-13(12)16-9-7-11-4-3-8-15-10-11/h1-6,8,10H,7,9H2. The number of aromatic nitrogens is 1. The Balaban J connectivity index is 1.87. The fraction of sp³-hybridized carbons (Fsp3) is 0.154. The van der Waals surface area contributed by atoms with Gasteiger partial charge in [-0.1, -0.05) is 18.2 Å². The van der Waals surface area contributed by atoms with Crippen molar-refractivity contribution in [3.05, 3.63) is 57.9 Å². The van der Waals surface area contributed by atoms with Crippen LogP contribution in [0.25, 0.3) is 0 Å². The lowest BCUT2D eigenvalue weighted by Crippen LogP contribution is -2.02. The van der Waals surface area contributed by atoms with Gasteiger partial charge in [-0.05, 0) is 46.4 Å². The van der Waals surface area contributed by atoms with E-state index in [0.717, 1.165) is 15.7 Å². The van der Waals surface area contributed by atoms with Crippen LogP contribution in [-0.4, -0.2) is 11.6 Å². The summed E-state index contributed by atoms with van der Waals surface area (Å²) in [4.78, 5) is 4.07. The Morgan fingerprint density at radius 3 is 2.75 bits per heavy atom. The van der Waals surface area contributed by atoms with Crippen LogP contribution in [0.2, 0.25) is 0 Å². The van der Waals surface area contributed by atoms with Crippen molar-refractivity contribution in [3.8, 4) is 5.75 Å². The first-order chi connectivity index (χ1) is 7.86. The largest absolute Gasteiger partial charge is 0.492 e. The molecule has 0 atom stereocenters. The van der Waals surface area contributed by atoms with Crippen LogP contribution in [0.1, 0.15) is 5.56 Å². The summed E-state index contributed by atoms with van der Waals surface area (Å²) < 4.78 is 6.85. The highest BCUT2D eigenvalue weighted by atomic mass is 127. The molecule has 0 saturated carbocycles. The third-order valence-corrected chi connectivity index (χ3v) is 3.10. The van der Waals surface area contributed by atoms with Gasteiger partial charge in [0.05, 0.1) is 10.2 Å². The van der Waals surface area contributed by atoms with Crippen LogP contribution in [-0.2, 0) is 6.42 Å². The van der Waals surface area contributed by atoms with Gasteiger partial charge >= 0.3 is 0 Å². The highest BCUT2D eigenvalue weighted by Crippen LogP contribution is 2.19. The maximum atomic E-state index is 5.71. The van der Waals surface area contributed by atoms with Crippen molar-refractivity contribution in [1.82, 2.24) is 4.98 Å². The zero-order valence-corrected chi connectivity index (χ0v) is 10.9. The Bertz CT molecular complexity index is 445. The molecule has 2 rings (SSSR count). The van der Waals surface area contributed by atoms with E-state index >= 15 is 0 Å². The van der Waals surface area contributed by atoms with E-state index in [1.807, 2.05) is 36.5 Å². The zero-order valence-electron chi connectivity index (χ0n) is 8.77. The molecule has 1 aromatic carbocycles. The van der Waals surface area contributed by atoms with Gasteiger partial charge in [-0.3, -0.25) is 4.98 Å². The van der Waals surface area contributed by atoms with Gasteiger partial charge in [-0.2, -0.15) is 0 Å². The summed E-state index contributed by atoms with van der Waals surface area (Å²) in [5, 5.41) is 0. The van der Waals surface area contributed by atoms with Gasteiger partial charge in [-0.15, -0.1) is 0 Å². The molecule has 0 aliphatic heterocycles. The highest BCUT2D eigenvalue weighted by Gasteiger charge is 1.99. The third-order valence-electron chi connectivity index (χ3n) is 2.21. The molecule has 3 heteroatoms. The maximum absolute atomic E-state index is 5.71. The van der Waals surface area contributed by atoms with Crippen molar-refractivity contribution < 1.29 is 4.74 Å². The molecule has 1 aromatic heterocycles. The number of pyridine rings is 1. The van der Waals surface area contributed by atoms with Gasteiger partial charge in [-0.25, -0.2) is 0 Å². The molecular formula is C13H12INO. The normalized spacial score (nSPS) is 10.1. The summed E-state index contributed by atoms with van der Waals surface area (Å²) in [6.07, 6.45) is 4.54. The van der Waals surface area contributed by atoms with Crippen molar-refractivity contribution >= 4 is 22.6 Å². The van der Waals surface area contributed by atoms with Crippen molar-refractivity contribution in [2.45, 2.75) is 6.42 Å². The molecule has 0 spiro atoms. The summed E-state index contributed by atoms with van der Waals surface area (Å²) in [7, 11) is 0. The molecule has 82 valence electrons. The number of halogens is 1. The molecule has 0 aliphatic rings. The molecule has 1 heterocycles. The molecule has 0 amide bonds. The summed E-state index contributed by atoms with van der Waals surface area (Å²) >= 11 is 2.28. The molecule has 0 unspecified atom stereocenters. The Hall–Kier alpha value is -1.10. The average Bonchev–Trinajstić information content (AvgIpc) is 2.33. The van der Waals surface area contributed by atoms with Gasteiger partial charge in [0.1, 0.15) is 5.75 Å². The predicted octanol–water partition coefficient (Wildman–Crippen LogP) is 3.31. The SMILES string of the molecule is Ic1ccccc1OCCc1cccnc1. The molecule has 0 radical (unpaired) electrons. The smallest absolute Gasteiger partial charge is 0.132 e. The van der Waals surface area contributed by atoms with Crippen molar-refractivity contribution in [2.24, 2.45) is 0 Å². The van der Waals surface area contributed by atoms with Crippen LogP contribution in [0.3, 0.4) is 0 Å². The van der Waals surface area contributed by atoms with E-state index in [0.29, 0.717) is 6.61 Å². The Morgan fingerprint density at radius 1 is 1.12 bits per heavy atom. The predicted molar refractivity (Wildman–Crippen MR) is 72.6 cm³/mol. The van der Waals surface area contributed by atoms with Gasteiger partial charge in [0.2, 0.25) is 0 Å². The van der Waals surface area contributed by atoms with E-state index in [2.05, 4.69) is 33.6 Å². The summed E-state index contributed by atoms with van der Waals surface area (Å²) in [6, 6.07) is 12.0. The van der Waals surface area contributed by atoms with Gasteiger partial charge in [0, 0.05) is 18.8 Å². The minimum Gasteiger partial charge on any atom is -0.492 e. The molecule has 0 fully saturated rings. The summed E-state index contributed by atoms with van der Waals surface area (Å²) in [5.41, 5.74) is 1.20. The quantitative estimate of drug-likeness (QED) is 0.805. The molecule has 0 saturated heterocycles. The highest BCUT2D eigenvalue weighted by molar-refractivity contribution is 14.1. The lowest BCUT2D eigenvalue weighted by atomic mass is 10.2. The monoisotopic (exact) mass is 325 g/mol. The lowest BCUT2D eigenvalue weighted by molar-refractivity contribution is 0.319. The van der Waals surface area contributed by atoms with Crippen LogP contribution in [0.4, 0.5) is 0 Å². The topological polar surface area (TPSA) is 22.1 Å². The third kappa shape index (κ3) is 3.20. The molecular weight excluding hydrogens is 313 g/mol. The summed E-state index contributed by atoms with van der Waals surface area (Å²) in [5.74, 6) is 0.951. The Kier molecular flexibility index (Phi) is 4.16. The van der Waals surface area contributed by atoms with Gasteiger partial charge in [0.25, 0.3) is 0 Å². The fourth-order valence-corrected chi connectivity index (χ4v) is 1.93. The Labute approximate surface area is 109 Å². The van der Waals surface area contributed by atoms with Gasteiger partial charge < -0.3 is 4.74 Å². The lowest BCUT2D eigenvalue weighted by Gasteiger charge is -2.07. The van der Waals surface area contributed by atoms with Crippen LogP contribution >= 0.6 is 22.6 Å². The van der Waals surface area contributed by atoms with Crippen LogP contribution in [0, 0.1) is 3.57 Å². The van der Waals surface area contributed by atoms with E-state index in [9.17, 15) is 0 Å². The van der Waals surface area contributed by atoms with Crippen LogP contribution < -0.4 is 4.74 Å². The minimum atomic E-state index is 0.686. The van der Waals surface area contributed by atoms with E-state index in [-0.39, 0.29) is 0 Å². The van der Waals surface area contributed by atoms with Crippen molar-refractivity contribution in [2.75, 3.05) is 6.61 Å². The minimum absolute atomic E-state index is 0.686. The van der Waals surface area contributed by atoms with Crippen molar-refractivity contribution in [1.29, 1.82) is 0 Å². The number of hydrogen-bond donors (Lipinski definition) is 0. The van der Waals surface area contributed by atoms with Crippen molar-refractivity contribution in [3.63, 3.8) is 0 Å². The first-order valence-electron chi connectivity index (χ1n) is 5.12.